The van der Waals surface area contributed by atoms with Gasteiger partial charge in [0.1, 0.15) is 11.7 Å². The van der Waals surface area contributed by atoms with E-state index in [0.29, 0.717) is 12.0 Å². The fourth-order valence-electron chi connectivity index (χ4n) is 2.99. The van der Waals surface area contributed by atoms with E-state index in [-0.39, 0.29) is 0 Å². The number of allylic oxidation sites excluding steroid dienone is 4. The van der Waals surface area contributed by atoms with Crippen LogP contribution in [0.4, 0.5) is 0 Å². The van der Waals surface area contributed by atoms with Gasteiger partial charge in [-0.1, -0.05) is 77.7 Å². The maximum absolute atomic E-state index is 4.89. The maximum atomic E-state index is 4.89. The van der Waals surface area contributed by atoms with Crippen molar-refractivity contribution in [3.8, 4) is 0 Å². The van der Waals surface area contributed by atoms with Gasteiger partial charge in [0.25, 0.3) is 0 Å². The van der Waals surface area contributed by atoms with Gasteiger partial charge in [-0.05, 0) is 32.3 Å². The number of nitrogens with one attached hydrogen (secondary N) is 1. The summed E-state index contributed by atoms with van der Waals surface area (Å²) in [4.78, 5) is 4.89. The third kappa shape index (κ3) is 6.54. The van der Waals surface area contributed by atoms with E-state index in [2.05, 4.69) is 62.4 Å². The zero-order chi connectivity index (χ0) is 17.8. The van der Waals surface area contributed by atoms with Gasteiger partial charge in [-0.3, -0.25) is 10.4 Å². The molecule has 0 spiro atoms. The van der Waals surface area contributed by atoms with Crippen molar-refractivity contribution in [3.63, 3.8) is 0 Å². The van der Waals surface area contributed by atoms with Crippen LogP contribution >= 0.6 is 0 Å². The minimum absolute atomic E-state index is 0.296. The summed E-state index contributed by atoms with van der Waals surface area (Å²) in [6.07, 6.45) is 19.2. The monoisotopic (exact) mass is 331 g/mol. The molecule has 3 heteroatoms. The molecule has 136 valence electrons. The normalized spacial score (nSPS) is 19.3. The SMILES string of the molecule is C/C=C\C=C/C(C)C1=NC(=CCC)N(C(CCC)CCCCC)N1. The predicted octanol–water partition coefficient (Wildman–Crippen LogP) is 5.97. The Hall–Kier alpha value is -1.51. The fourth-order valence-corrected chi connectivity index (χ4v) is 2.99. The van der Waals surface area contributed by atoms with Crippen molar-refractivity contribution in [1.82, 2.24) is 10.4 Å². The third-order valence-electron chi connectivity index (χ3n) is 4.37. The summed E-state index contributed by atoms with van der Waals surface area (Å²) in [6, 6.07) is 0.535. The highest BCUT2D eigenvalue weighted by Crippen LogP contribution is 2.24. The van der Waals surface area contributed by atoms with Crippen LogP contribution in [0, 0.1) is 5.92 Å². The lowest BCUT2D eigenvalue weighted by Gasteiger charge is -2.30. The zero-order valence-electron chi connectivity index (χ0n) is 16.4. The summed E-state index contributed by atoms with van der Waals surface area (Å²) in [5.74, 6) is 2.46. The molecule has 1 N–H and O–H groups in total. The standard InChI is InChI=1S/C21H37N3/c1-6-10-12-16-18(5)21-22-20(15-9-4)24(23-21)19(14-8-3)17-13-11-7-2/h6,10,12,15-16,18-19H,7-9,11,13-14,17H2,1-5H3,(H,22,23)/b10-6-,16-12-,20-15?. The molecule has 2 unspecified atom stereocenters. The molecule has 0 saturated heterocycles. The second kappa shape index (κ2) is 11.9. The highest BCUT2D eigenvalue weighted by Gasteiger charge is 2.27. The fraction of sp³-hybridized carbons (Fsp3) is 0.667. The highest BCUT2D eigenvalue weighted by molar-refractivity contribution is 5.88. The van der Waals surface area contributed by atoms with E-state index in [0.717, 1.165) is 18.1 Å². The molecular weight excluding hydrogens is 294 g/mol. The van der Waals surface area contributed by atoms with Crippen molar-refractivity contribution >= 4 is 5.84 Å². The van der Waals surface area contributed by atoms with Gasteiger partial charge in [0.2, 0.25) is 0 Å². The summed E-state index contributed by atoms with van der Waals surface area (Å²) < 4.78 is 0. The second-order valence-corrected chi connectivity index (χ2v) is 6.59. The Bertz CT molecular complexity index is 460. The molecule has 0 bridgehead atoms. The lowest BCUT2D eigenvalue weighted by molar-refractivity contribution is 0.198. The van der Waals surface area contributed by atoms with E-state index in [1.54, 1.807) is 0 Å². The molecular formula is C21H37N3. The van der Waals surface area contributed by atoms with Gasteiger partial charge in [0.15, 0.2) is 0 Å². The number of amidine groups is 1. The molecule has 1 aliphatic rings. The zero-order valence-corrected chi connectivity index (χ0v) is 16.4. The molecule has 0 saturated carbocycles. The Morgan fingerprint density at radius 2 is 1.88 bits per heavy atom. The minimum atomic E-state index is 0.296. The Labute approximate surface area is 149 Å². The van der Waals surface area contributed by atoms with Crippen molar-refractivity contribution in [2.45, 2.75) is 85.6 Å². The number of nitrogens with zero attached hydrogens (tertiary/aromatic N) is 2. The summed E-state index contributed by atoms with van der Waals surface area (Å²) in [7, 11) is 0. The molecule has 2 atom stereocenters. The lowest BCUT2D eigenvalue weighted by atomic mass is 10.0. The quantitative estimate of drug-likeness (QED) is 0.373. The van der Waals surface area contributed by atoms with Gasteiger partial charge in [-0.2, -0.15) is 0 Å². The van der Waals surface area contributed by atoms with Crippen LogP contribution in [0.1, 0.15) is 79.6 Å². The van der Waals surface area contributed by atoms with Crippen LogP contribution in [0.15, 0.2) is 41.2 Å². The lowest BCUT2D eigenvalue weighted by Crippen LogP contribution is -2.44. The van der Waals surface area contributed by atoms with Crippen molar-refractivity contribution in [1.29, 1.82) is 0 Å². The average Bonchev–Trinajstić information content (AvgIpc) is 2.99. The molecule has 24 heavy (non-hydrogen) atoms. The summed E-state index contributed by atoms with van der Waals surface area (Å²) in [6.45, 7) is 11.0. The van der Waals surface area contributed by atoms with Gasteiger partial charge in [0, 0.05) is 5.92 Å². The first kappa shape index (κ1) is 20.5. The Morgan fingerprint density at radius 1 is 1.08 bits per heavy atom. The van der Waals surface area contributed by atoms with Crippen LogP contribution in [0.2, 0.25) is 0 Å². The van der Waals surface area contributed by atoms with Crippen LogP contribution in [0.3, 0.4) is 0 Å². The first-order valence-corrected chi connectivity index (χ1v) is 9.81. The molecule has 0 aliphatic carbocycles. The van der Waals surface area contributed by atoms with Gasteiger partial charge in [-0.25, -0.2) is 4.99 Å². The van der Waals surface area contributed by atoms with Crippen LogP contribution in [0.25, 0.3) is 0 Å². The molecule has 1 aliphatic heterocycles. The van der Waals surface area contributed by atoms with Crippen molar-refractivity contribution in [2.24, 2.45) is 10.9 Å². The van der Waals surface area contributed by atoms with Crippen LogP contribution < -0.4 is 5.43 Å². The first-order valence-electron chi connectivity index (χ1n) is 9.81. The molecule has 0 fully saturated rings. The van der Waals surface area contributed by atoms with Crippen LogP contribution in [-0.2, 0) is 0 Å². The van der Waals surface area contributed by atoms with E-state index in [1.165, 1.54) is 38.5 Å². The second-order valence-electron chi connectivity index (χ2n) is 6.59. The van der Waals surface area contributed by atoms with Crippen LogP contribution in [0.5, 0.6) is 0 Å². The summed E-state index contributed by atoms with van der Waals surface area (Å²) >= 11 is 0. The molecule has 1 rings (SSSR count). The molecule has 0 radical (unpaired) electrons. The van der Waals surface area contributed by atoms with Crippen molar-refractivity contribution in [2.75, 3.05) is 0 Å². The molecule has 1 heterocycles. The maximum Gasteiger partial charge on any atom is 0.145 e. The number of hydrogen-bond donors (Lipinski definition) is 1. The average molecular weight is 332 g/mol. The van der Waals surface area contributed by atoms with Gasteiger partial charge in [-0.15, -0.1) is 0 Å². The Morgan fingerprint density at radius 3 is 2.50 bits per heavy atom. The van der Waals surface area contributed by atoms with Crippen molar-refractivity contribution < 1.29 is 0 Å². The van der Waals surface area contributed by atoms with Crippen LogP contribution in [-0.4, -0.2) is 16.9 Å². The Balaban J connectivity index is 2.84. The molecule has 0 aromatic carbocycles. The van der Waals surface area contributed by atoms with E-state index in [1.807, 2.05) is 13.0 Å². The smallest absolute Gasteiger partial charge is 0.145 e. The van der Waals surface area contributed by atoms with E-state index < -0.39 is 0 Å². The largest absolute Gasteiger partial charge is 0.283 e. The topological polar surface area (TPSA) is 27.6 Å². The van der Waals surface area contributed by atoms with E-state index in [9.17, 15) is 0 Å². The van der Waals surface area contributed by atoms with E-state index >= 15 is 0 Å². The number of rotatable bonds is 11. The Kier molecular flexibility index (Phi) is 10.2. The summed E-state index contributed by atoms with van der Waals surface area (Å²) in [5.41, 5.74) is 3.60. The number of hydrogen-bond acceptors (Lipinski definition) is 3. The number of hydrazine groups is 1. The van der Waals surface area contributed by atoms with Gasteiger partial charge < -0.3 is 0 Å². The van der Waals surface area contributed by atoms with Crippen molar-refractivity contribution in [3.05, 3.63) is 36.2 Å². The van der Waals surface area contributed by atoms with E-state index in [4.69, 9.17) is 4.99 Å². The van der Waals surface area contributed by atoms with Gasteiger partial charge >= 0.3 is 0 Å². The first-order chi connectivity index (χ1) is 11.7. The third-order valence-corrected chi connectivity index (χ3v) is 4.37. The number of aliphatic imine (C=N–C) groups is 1. The minimum Gasteiger partial charge on any atom is -0.283 e. The molecule has 0 aromatic heterocycles. The molecule has 3 nitrogen and oxygen atoms in total. The predicted molar refractivity (Wildman–Crippen MR) is 107 cm³/mol. The highest BCUT2D eigenvalue weighted by atomic mass is 15.6. The molecule has 0 amide bonds. The van der Waals surface area contributed by atoms with Gasteiger partial charge in [0.05, 0.1) is 6.04 Å². The summed E-state index contributed by atoms with van der Waals surface area (Å²) in [5, 5.41) is 2.33. The molecule has 0 aromatic rings. The number of unbranched alkanes of at least 4 members (excludes halogenated alkanes) is 2.